The third-order valence-electron chi connectivity index (χ3n) is 6.39. The van der Waals surface area contributed by atoms with Crippen molar-refractivity contribution in [1.82, 2.24) is 9.88 Å². The number of anilines is 3. The molecule has 3 aromatic rings. The molecule has 192 valence electrons. The Balaban J connectivity index is 1.66. The van der Waals surface area contributed by atoms with E-state index in [1.165, 1.54) is 6.07 Å². The molecule has 36 heavy (non-hydrogen) atoms. The van der Waals surface area contributed by atoms with Crippen LogP contribution in [0, 0.1) is 0 Å². The van der Waals surface area contributed by atoms with Gasteiger partial charge in [-0.25, -0.2) is 0 Å². The van der Waals surface area contributed by atoms with Crippen LogP contribution in [0.1, 0.15) is 16.9 Å². The van der Waals surface area contributed by atoms with Gasteiger partial charge < -0.3 is 34.5 Å². The molecule has 0 unspecified atom stereocenters. The van der Waals surface area contributed by atoms with E-state index < -0.39 is 0 Å². The SMILES string of the molecule is COc1cc(N(C)CCCN(C)C)c2[nH]c(C(=O)Nc3ccccc3N3CCOCC3)cc(=O)c2c1. The monoisotopic (exact) mass is 493 g/mol. The number of benzene rings is 2. The first-order valence-corrected chi connectivity index (χ1v) is 12.2. The Labute approximate surface area is 211 Å². The molecule has 1 amide bonds. The third-order valence-corrected chi connectivity index (χ3v) is 6.39. The van der Waals surface area contributed by atoms with Gasteiger partial charge in [-0.2, -0.15) is 0 Å². The van der Waals surface area contributed by atoms with E-state index in [1.54, 1.807) is 13.2 Å². The second kappa shape index (κ2) is 11.5. The van der Waals surface area contributed by atoms with Crippen LogP contribution in [-0.2, 0) is 4.74 Å². The van der Waals surface area contributed by atoms with Gasteiger partial charge in [0.1, 0.15) is 11.4 Å². The molecule has 1 aliphatic heterocycles. The molecule has 0 radical (unpaired) electrons. The maximum Gasteiger partial charge on any atom is 0.272 e. The van der Waals surface area contributed by atoms with E-state index in [1.807, 2.05) is 51.5 Å². The highest BCUT2D eigenvalue weighted by Crippen LogP contribution is 2.30. The molecule has 2 aromatic carbocycles. The molecule has 9 heteroatoms. The highest BCUT2D eigenvalue weighted by atomic mass is 16.5. The van der Waals surface area contributed by atoms with Crippen LogP contribution < -0.4 is 25.3 Å². The number of hydrogen-bond acceptors (Lipinski definition) is 7. The Morgan fingerprint density at radius 2 is 1.86 bits per heavy atom. The smallest absolute Gasteiger partial charge is 0.272 e. The maximum atomic E-state index is 13.3. The molecule has 0 atom stereocenters. The second-order valence-corrected chi connectivity index (χ2v) is 9.27. The summed E-state index contributed by atoms with van der Waals surface area (Å²) in [5, 5.41) is 3.48. The molecular weight excluding hydrogens is 458 g/mol. The Morgan fingerprint density at radius 3 is 2.58 bits per heavy atom. The Morgan fingerprint density at radius 1 is 1.11 bits per heavy atom. The molecule has 1 aliphatic rings. The van der Waals surface area contributed by atoms with Gasteiger partial charge in [0, 0.05) is 38.8 Å². The maximum absolute atomic E-state index is 13.3. The standard InChI is InChI=1S/C27H35N5O4/c1-30(2)10-7-11-31(3)24-17-19(35-4)16-20-25(33)18-22(28-26(20)24)27(34)29-21-8-5-6-9-23(21)32-12-14-36-15-13-32/h5-6,8-9,16-18H,7,10-15H2,1-4H3,(H,28,33)(H,29,34). The summed E-state index contributed by atoms with van der Waals surface area (Å²) >= 11 is 0. The zero-order valence-corrected chi connectivity index (χ0v) is 21.5. The van der Waals surface area contributed by atoms with Crippen molar-refractivity contribution in [3.05, 3.63) is 58.4 Å². The largest absolute Gasteiger partial charge is 0.497 e. The number of carbonyl (C=O) groups excluding carboxylic acids is 1. The van der Waals surface area contributed by atoms with Gasteiger partial charge in [-0.15, -0.1) is 0 Å². The van der Waals surface area contributed by atoms with E-state index >= 15 is 0 Å². The molecule has 0 spiro atoms. The predicted octanol–water partition coefficient (Wildman–Crippen LogP) is 3.01. The van der Waals surface area contributed by atoms with Gasteiger partial charge in [-0.1, -0.05) is 12.1 Å². The number of para-hydroxylation sites is 2. The summed E-state index contributed by atoms with van der Waals surface area (Å²) in [5.41, 5.74) is 3.02. The fraction of sp³-hybridized carbons (Fsp3) is 0.407. The molecule has 1 fully saturated rings. The first-order valence-electron chi connectivity index (χ1n) is 12.2. The zero-order chi connectivity index (χ0) is 25.7. The Kier molecular flexibility index (Phi) is 8.12. The van der Waals surface area contributed by atoms with Crippen molar-refractivity contribution >= 4 is 33.9 Å². The van der Waals surface area contributed by atoms with Crippen LogP contribution in [0.3, 0.4) is 0 Å². The first-order chi connectivity index (χ1) is 17.4. The van der Waals surface area contributed by atoms with Gasteiger partial charge in [0.15, 0.2) is 5.43 Å². The topological polar surface area (TPSA) is 90.1 Å². The molecule has 1 saturated heterocycles. The third kappa shape index (κ3) is 5.80. The van der Waals surface area contributed by atoms with E-state index in [4.69, 9.17) is 9.47 Å². The zero-order valence-electron chi connectivity index (χ0n) is 21.5. The molecular formula is C27H35N5O4. The molecule has 2 N–H and O–H groups in total. The molecule has 0 aliphatic carbocycles. The minimum Gasteiger partial charge on any atom is -0.497 e. The number of H-pyrrole nitrogens is 1. The number of nitrogens with zero attached hydrogens (tertiary/aromatic N) is 3. The van der Waals surface area contributed by atoms with Crippen molar-refractivity contribution in [2.75, 3.05) is 82.8 Å². The van der Waals surface area contributed by atoms with Crippen LogP contribution in [-0.4, -0.2) is 83.4 Å². The van der Waals surface area contributed by atoms with Crippen molar-refractivity contribution in [1.29, 1.82) is 0 Å². The number of carbonyl (C=O) groups is 1. The summed E-state index contributed by atoms with van der Waals surface area (Å²) in [7, 11) is 7.65. The van der Waals surface area contributed by atoms with Crippen LogP contribution in [0.2, 0.25) is 0 Å². The summed E-state index contributed by atoms with van der Waals surface area (Å²) in [4.78, 5) is 36.1. The van der Waals surface area contributed by atoms with E-state index in [0.29, 0.717) is 35.6 Å². The molecule has 1 aromatic heterocycles. The normalized spacial score (nSPS) is 13.8. The predicted molar refractivity (Wildman–Crippen MR) is 145 cm³/mol. The molecule has 0 bridgehead atoms. The second-order valence-electron chi connectivity index (χ2n) is 9.27. The highest BCUT2D eigenvalue weighted by Gasteiger charge is 2.19. The summed E-state index contributed by atoms with van der Waals surface area (Å²) in [5.74, 6) is 0.228. The lowest BCUT2D eigenvalue weighted by atomic mass is 10.1. The number of amides is 1. The molecule has 4 rings (SSSR count). The summed E-state index contributed by atoms with van der Waals surface area (Å²) in [6.45, 7) is 4.53. The number of aromatic nitrogens is 1. The number of ether oxygens (including phenoxy) is 2. The lowest BCUT2D eigenvalue weighted by Crippen LogP contribution is -2.36. The van der Waals surface area contributed by atoms with Crippen molar-refractivity contribution in [2.24, 2.45) is 0 Å². The number of morpholine rings is 1. The van der Waals surface area contributed by atoms with Gasteiger partial charge in [0.05, 0.1) is 48.3 Å². The van der Waals surface area contributed by atoms with Gasteiger partial charge in [0.25, 0.3) is 5.91 Å². The van der Waals surface area contributed by atoms with Crippen LogP contribution in [0.25, 0.3) is 10.9 Å². The lowest BCUT2D eigenvalue weighted by molar-refractivity contribution is 0.102. The molecule has 0 saturated carbocycles. The van der Waals surface area contributed by atoms with E-state index in [9.17, 15) is 9.59 Å². The summed E-state index contributed by atoms with van der Waals surface area (Å²) < 4.78 is 10.9. The van der Waals surface area contributed by atoms with Crippen LogP contribution >= 0.6 is 0 Å². The minimum absolute atomic E-state index is 0.206. The Hall–Kier alpha value is -3.56. The van der Waals surface area contributed by atoms with Gasteiger partial charge in [-0.3, -0.25) is 9.59 Å². The number of nitrogens with one attached hydrogen (secondary N) is 2. The fourth-order valence-corrected chi connectivity index (χ4v) is 4.44. The van der Waals surface area contributed by atoms with Crippen molar-refractivity contribution < 1.29 is 14.3 Å². The Bertz CT molecular complexity index is 1270. The first kappa shape index (κ1) is 25.5. The van der Waals surface area contributed by atoms with Crippen molar-refractivity contribution in [3.63, 3.8) is 0 Å². The number of methoxy groups -OCH3 is 1. The van der Waals surface area contributed by atoms with E-state index in [2.05, 4.69) is 25.0 Å². The number of pyridine rings is 1. The minimum atomic E-state index is -0.369. The molecule has 2 heterocycles. The van der Waals surface area contributed by atoms with Gasteiger partial charge in [0.2, 0.25) is 0 Å². The fourth-order valence-electron chi connectivity index (χ4n) is 4.44. The average molecular weight is 494 g/mol. The van der Waals surface area contributed by atoms with Gasteiger partial charge in [-0.05, 0) is 45.3 Å². The quantitative estimate of drug-likeness (QED) is 0.474. The summed E-state index contributed by atoms with van der Waals surface area (Å²) in [6, 6.07) is 12.6. The van der Waals surface area contributed by atoms with Gasteiger partial charge >= 0.3 is 0 Å². The lowest BCUT2D eigenvalue weighted by Gasteiger charge is -2.30. The molecule has 9 nitrogen and oxygen atoms in total. The number of hydrogen-bond donors (Lipinski definition) is 2. The van der Waals surface area contributed by atoms with E-state index in [-0.39, 0.29) is 17.0 Å². The van der Waals surface area contributed by atoms with Crippen molar-refractivity contribution in [2.45, 2.75) is 6.42 Å². The van der Waals surface area contributed by atoms with E-state index in [0.717, 1.165) is 44.0 Å². The highest BCUT2D eigenvalue weighted by molar-refractivity contribution is 6.06. The van der Waals surface area contributed by atoms with Crippen molar-refractivity contribution in [3.8, 4) is 5.75 Å². The number of aromatic amines is 1. The number of fused-ring (bicyclic) bond motifs is 1. The van der Waals surface area contributed by atoms with Crippen LogP contribution in [0.4, 0.5) is 17.1 Å². The van der Waals surface area contributed by atoms with Crippen LogP contribution in [0.15, 0.2) is 47.3 Å². The number of rotatable bonds is 9. The summed E-state index contributed by atoms with van der Waals surface area (Å²) in [6.07, 6.45) is 0.949. The average Bonchev–Trinajstić information content (AvgIpc) is 2.88. The van der Waals surface area contributed by atoms with Crippen LogP contribution in [0.5, 0.6) is 5.75 Å².